The first-order valence-corrected chi connectivity index (χ1v) is 6.47. The Hall–Kier alpha value is -1.12. The normalized spacial score (nSPS) is 31.7. The van der Waals surface area contributed by atoms with E-state index in [9.17, 15) is 9.59 Å². The highest BCUT2D eigenvalue weighted by Gasteiger charge is 2.35. The second-order valence-electron chi connectivity index (χ2n) is 5.52. The molecular weight excluding hydrogens is 216 g/mol. The Kier molecular flexibility index (Phi) is 3.65. The third-order valence-electron chi connectivity index (χ3n) is 4.30. The molecule has 0 spiro atoms. The van der Waals surface area contributed by atoms with Gasteiger partial charge in [0.15, 0.2) is 0 Å². The third-order valence-corrected chi connectivity index (χ3v) is 4.30. The largest absolute Gasteiger partial charge is 0.481 e. The van der Waals surface area contributed by atoms with Gasteiger partial charge in [-0.3, -0.25) is 9.59 Å². The first-order chi connectivity index (χ1) is 8.06. The van der Waals surface area contributed by atoms with Gasteiger partial charge in [-0.1, -0.05) is 12.2 Å². The van der Waals surface area contributed by atoms with E-state index < -0.39 is 5.97 Å². The lowest BCUT2D eigenvalue weighted by atomic mass is 9.85. The smallest absolute Gasteiger partial charge is 0.304 e. The van der Waals surface area contributed by atoms with Crippen molar-refractivity contribution < 1.29 is 14.7 Å². The zero-order valence-corrected chi connectivity index (χ0v) is 10.3. The molecule has 0 radical (unpaired) electrons. The molecule has 0 aromatic carbocycles. The number of carbonyl (C=O) groups is 2. The highest BCUT2D eigenvalue weighted by atomic mass is 16.4. The number of hydrogen-bond acceptors (Lipinski definition) is 2. The molecular formula is C14H20O3. The fourth-order valence-electron chi connectivity index (χ4n) is 3.30. The molecule has 2 bridgehead atoms. The van der Waals surface area contributed by atoms with Gasteiger partial charge in [0.05, 0.1) is 6.42 Å². The number of allylic oxidation sites excluding steroid dienone is 2. The molecule has 0 aromatic heterocycles. The van der Waals surface area contributed by atoms with Crippen LogP contribution in [-0.2, 0) is 9.59 Å². The number of hydrogen-bond donors (Lipinski definition) is 1. The minimum atomic E-state index is -0.863. The van der Waals surface area contributed by atoms with Crippen LogP contribution in [0.5, 0.6) is 0 Å². The first kappa shape index (κ1) is 12.3. The van der Waals surface area contributed by atoms with Crippen LogP contribution in [0.25, 0.3) is 0 Å². The van der Waals surface area contributed by atoms with Gasteiger partial charge in [-0.25, -0.2) is 0 Å². The predicted octanol–water partition coefficient (Wildman–Crippen LogP) is 2.66. The van der Waals surface area contributed by atoms with Crippen LogP contribution < -0.4 is 0 Å². The Morgan fingerprint density at radius 1 is 1.35 bits per heavy atom. The van der Waals surface area contributed by atoms with E-state index in [0.29, 0.717) is 11.8 Å². The van der Waals surface area contributed by atoms with Crippen LogP contribution in [0.2, 0.25) is 0 Å². The van der Waals surface area contributed by atoms with Gasteiger partial charge in [0.2, 0.25) is 0 Å². The van der Waals surface area contributed by atoms with E-state index in [-0.39, 0.29) is 18.1 Å². The van der Waals surface area contributed by atoms with E-state index in [2.05, 4.69) is 12.2 Å². The van der Waals surface area contributed by atoms with E-state index in [1.165, 1.54) is 19.8 Å². The fraction of sp³-hybridized carbons (Fsp3) is 0.714. The van der Waals surface area contributed by atoms with Crippen molar-refractivity contribution in [3.05, 3.63) is 12.2 Å². The summed E-state index contributed by atoms with van der Waals surface area (Å²) in [6, 6.07) is 0. The number of ketones is 1. The number of carboxylic acids is 1. The molecule has 3 nitrogen and oxygen atoms in total. The highest BCUT2D eigenvalue weighted by molar-refractivity contribution is 5.82. The summed E-state index contributed by atoms with van der Waals surface area (Å²) in [4.78, 5) is 22.0. The van der Waals surface area contributed by atoms with E-state index in [0.717, 1.165) is 18.8 Å². The molecule has 1 saturated carbocycles. The van der Waals surface area contributed by atoms with Crippen molar-refractivity contribution in [2.45, 2.75) is 39.0 Å². The van der Waals surface area contributed by atoms with Crippen molar-refractivity contribution in [3.8, 4) is 0 Å². The van der Waals surface area contributed by atoms with Crippen LogP contribution in [-0.4, -0.2) is 16.9 Å². The van der Waals surface area contributed by atoms with Gasteiger partial charge in [0.1, 0.15) is 5.78 Å². The Morgan fingerprint density at radius 3 is 2.59 bits per heavy atom. The molecule has 0 saturated heterocycles. The molecule has 0 aliphatic heterocycles. The second-order valence-corrected chi connectivity index (χ2v) is 5.52. The number of aliphatic carboxylic acids is 1. The number of Topliss-reactive ketones (excluding diaryl/α,β-unsaturated/α-hetero) is 1. The maximum absolute atomic E-state index is 11.4. The van der Waals surface area contributed by atoms with Crippen LogP contribution in [0, 0.1) is 23.7 Å². The number of rotatable bonds is 6. The van der Waals surface area contributed by atoms with E-state index >= 15 is 0 Å². The third kappa shape index (κ3) is 2.96. The molecule has 0 heterocycles. The summed E-state index contributed by atoms with van der Waals surface area (Å²) in [6.07, 6.45) is 8.85. The van der Waals surface area contributed by atoms with Crippen molar-refractivity contribution in [1.82, 2.24) is 0 Å². The molecule has 3 heteroatoms. The van der Waals surface area contributed by atoms with Crippen molar-refractivity contribution in [2.24, 2.45) is 23.7 Å². The Morgan fingerprint density at radius 2 is 2.12 bits per heavy atom. The Balaban J connectivity index is 1.81. The van der Waals surface area contributed by atoms with Gasteiger partial charge >= 0.3 is 5.97 Å². The van der Waals surface area contributed by atoms with Gasteiger partial charge in [0.25, 0.3) is 0 Å². The summed E-state index contributed by atoms with van der Waals surface area (Å²) >= 11 is 0. The summed E-state index contributed by atoms with van der Waals surface area (Å²) in [5, 5.41) is 8.77. The maximum atomic E-state index is 11.4. The lowest BCUT2D eigenvalue weighted by Crippen LogP contribution is -2.18. The lowest BCUT2D eigenvalue weighted by molar-refractivity contribution is -0.140. The van der Waals surface area contributed by atoms with Gasteiger partial charge in [0, 0.05) is 5.92 Å². The Labute approximate surface area is 102 Å². The van der Waals surface area contributed by atoms with E-state index in [1.54, 1.807) is 0 Å². The van der Waals surface area contributed by atoms with Gasteiger partial charge in [-0.2, -0.15) is 0 Å². The van der Waals surface area contributed by atoms with Crippen molar-refractivity contribution >= 4 is 11.8 Å². The van der Waals surface area contributed by atoms with Crippen molar-refractivity contribution in [3.63, 3.8) is 0 Å². The van der Waals surface area contributed by atoms with Crippen LogP contribution in [0.15, 0.2) is 12.2 Å². The minimum Gasteiger partial charge on any atom is -0.481 e. The summed E-state index contributed by atoms with van der Waals surface area (Å²) < 4.78 is 0. The van der Waals surface area contributed by atoms with Gasteiger partial charge < -0.3 is 5.11 Å². The van der Waals surface area contributed by atoms with Gasteiger partial charge in [-0.05, 0) is 50.4 Å². The molecule has 2 aliphatic rings. The van der Waals surface area contributed by atoms with E-state index in [4.69, 9.17) is 5.11 Å². The van der Waals surface area contributed by atoms with Gasteiger partial charge in [-0.15, -0.1) is 0 Å². The molecule has 0 aromatic rings. The van der Waals surface area contributed by atoms with E-state index in [1.807, 2.05) is 0 Å². The molecule has 17 heavy (non-hydrogen) atoms. The van der Waals surface area contributed by atoms with Crippen LogP contribution >= 0.6 is 0 Å². The highest BCUT2D eigenvalue weighted by Crippen LogP contribution is 2.45. The summed E-state index contributed by atoms with van der Waals surface area (Å²) in [5.74, 6) is 0.998. The van der Waals surface area contributed by atoms with Crippen LogP contribution in [0.4, 0.5) is 0 Å². The summed E-state index contributed by atoms with van der Waals surface area (Å²) in [7, 11) is 0. The molecule has 94 valence electrons. The summed E-state index contributed by atoms with van der Waals surface area (Å²) in [6.45, 7) is 1.51. The molecule has 2 rings (SSSR count). The number of carbonyl (C=O) groups excluding carboxylic acids is 1. The molecule has 1 fully saturated rings. The monoisotopic (exact) mass is 236 g/mol. The molecule has 2 aliphatic carbocycles. The molecule has 0 amide bonds. The SMILES string of the molecule is CC(=O)C(CCC1CC2C=CC1C2)CC(=O)O. The topological polar surface area (TPSA) is 54.4 Å². The molecule has 4 unspecified atom stereocenters. The van der Waals surface area contributed by atoms with Crippen LogP contribution in [0.1, 0.15) is 39.0 Å². The lowest BCUT2D eigenvalue weighted by Gasteiger charge is -2.20. The summed E-state index contributed by atoms with van der Waals surface area (Å²) in [5.41, 5.74) is 0. The second kappa shape index (κ2) is 5.03. The number of fused-ring (bicyclic) bond motifs is 2. The van der Waals surface area contributed by atoms with Crippen LogP contribution in [0.3, 0.4) is 0 Å². The average Bonchev–Trinajstić information content (AvgIpc) is 2.84. The molecule has 1 N–H and O–H groups in total. The Bertz CT molecular complexity index is 345. The van der Waals surface area contributed by atoms with Crippen molar-refractivity contribution in [1.29, 1.82) is 0 Å². The average molecular weight is 236 g/mol. The first-order valence-electron chi connectivity index (χ1n) is 6.47. The maximum Gasteiger partial charge on any atom is 0.304 e. The zero-order chi connectivity index (χ0) is 12.4. The predicted molar refractivity (Wildman–Crippen MR) is 64.5 cm³/mol. The quantitative estimate of drug-likeness (QED) is 0.721. The zero-order valence-electron chi connectivity index (χ0n) is 10.3. The van der Waals surface area contributed by atoms with Crippen molar-refractivity contribution in [2.75, 3.05) is 0 Å². The molecule has 4 atom stereocenters. The minimum absolute atomic E-state index is 0.00795. The fourth-order valence-corrected chi connectivity index (χ4v) is 3.30. The standard InChI is InChI=1S/C14H20O3/c1-9(15)11(8-14(16)17)4-5-13-7-10-2-3-12(13)6-10/h2-3,10-13H,4-8H2,1H3,(H,16,17). The number of carboxylic acid groups (broad SMARTS) is 1.